The van der Waals surface area contributed by atoms with E-state index < -0.39 is 6.10 Å². The van der Waals surface area contributed by atoms with E-state index >= 15 is 0 Å². The Kier molecular flexibility index (Phi) is 3.43. The summed E-state index contributed by atoms with van der Waals surface area (Å²) in [5.41, 5.74) is 0. The number of ether oxygens (including phenoxy) is 1. The summed E-state index contributed by atoms with van der Waals surface area (Å²) in [6.07, 6.45) is 3.58. The van der Waals surface area contributed by atoms with Gasteiger partial charge in [-0.25, -0.2) is 4.98 Å². The Bertz CT molecular complexity index is 217. The maximum atomic E-state index is 8.90. The van der Waals surface area contributed by atoms with Gasteiger partial charge in [-0.1, -0.05) is 0 Å². The van der Waals surface area contributed by atoms with Crippen LogP contribution >= 0.6 is 0 Å². The highest BCUT2D eigenvalue weighted by Gasteiger charge is 2.02. The lowest BCUT2D eigenvalue weighted by molar-refractivity contribution is 0.0520. The van der Waals surface area contributed by atoms with Crippen LogP contribution in [0.25, 0.3) is 0 Å². The Morgan fingerprint density at radius 3 is 2.92 bits per heavy atom. The van der Waals surface area contributed by atoms with Gasteiger partial charge < -0.3 is 14.9 Å². The number of nitrogens with zero attached hydrogens (tertiary/aromatic N) is 2. The predicted octanol–water partition coefficient (Wildman–Crippen LogP) is -0.791. The van der Waals surface area contributed by atoms with E-state index in [4.69, 9.17) is 14.9 Å². The van der Waals surface area contributed by atoms with Crippen LogP contribution in [0, 0.1) is 0 Å². The first kappa shape index (κ1) is 8.89. The summed E-state index contributed by atoms with van der Waals surface area (Å²) < 4.78 is 4.98. The van der Waals surface area contributed by atoms with E-state index in [1.165, 1.54) is 18.6 Å². The molecule has 66 valence electrons. The quantitative estimate of drug-likeness (QED) is 0.619. The van der Waals surface area contributed by atoms with Crippen molar-refractivity contribution in [1.82, 2.24) is 9.97 Å². The molecule has 1 aromatic heterocycles. The maximum Gasteiger partial charge on any atom is 0.232 e. The highest BCUT2D eigenvalue weighted by Crippen LogP contribution is 2.00. The molecule has 12 heavy (non-hydrogen) atoms. The second-order valence-corrected chi connectivity index (χ2v) is 2.19. The minimum absolute atomic E-state index is 0.0230. The molecule has 0 radical (unpaired) electrons. The molecule has 1 atom stereocenters. The van der Waals surface area contributed by atoms with E-state index in [0.717, 1.165) is 0 Å². The normalized spacial score (nSPS) is 12.5. The predicted molar refractivity (Wildman–Crippen MR) is 40.6 cm³/mol. The van der Waals surface area contributed by atoms with Crippen LogP contribution in [-0.2, 0) is 0 Å². The van der Waals surface area contributed by atoms with Crippen LogP contribution in [0.2, 0.25) is 0 Å². The fraction of sp³-hybridized carbons (Fsp3) is 0.429. The smallest absolute Gasteiger partial charge is 0.232 e. The van der Waals surface area contributed by atoms with Crippen LogP contribution in [0.15, 0.2) is 18.6 Å². The number of hydrogen-bond acceptors (Lipinski definition) is 5. The first-order chi connectivity index (χ1) is 5.83. The summed E-state index contributed by atoms with van der Waals surface area (Å²) in [7, 11) is 0. The molecule has 1 unspecified atom stereocenters. The number of aliphatic hydroxyl groups excluding tert-OH is 2. The molecule has 5 nitrogen and oxygen atoms in total. The molecule has 0 amide bonds. The Balaban J connectivity index is 2.33. The molecule has 0 saturated carbocycles. The molecule has 0 fully saturated rings. The van der Waals surface area contributed by atoms with E-state index in [1.54, 1.807) is 0 Å². The van der Waals surface area contributed by atoms with Crippen molar-refractivity contribution in [1.29, 1.82) is 0 Å². The van der Waals surface area contributed by atoms with Gasteiger partial charge in [-0.05, 0) is 0 Å². The van der Waals surface area contributed by atoms with Crippen molar-refractivity contribution in [3.63, 3.8) is 0 Å². The fourth-order valence-electron chi connectivity index (χ4n) is 0.594. The highest BCUT2D eigenvalue weighted by atomic mass is 16.5. The SMILES string of the molecule is OCC(O)COc1cnccn1. The zero-order valence-corrected chi connectivity index (χ0v) is 6.42. The Morgan fingerprint density at radius 2 is 2.33 bits per heavy atom. The van der Waals surface area contributed by atoms with E-state index in [-0.39, 0.29) is 13.2 Å². The number of aromatic nitrogens is 2. The second kappa shape index (κ2) is 4.63. The topological polar surface area (TPSA) is 75.5 Å². The van der Waals surface area contributed by atoms with Crippen molar-refractivity contribution in [2.75, 3.05) is 13.2 Å². The average Bonchev–Trinajstić information content (AvgIpc) is 2.16. The van der Waals surface area contributed by atoms with Crippen LogP contribution < -0.4 is 4.74 Å². The van der Waals surface area contributed by atoms with E-state index in [1.807, 2.05) is 0 Å². The summed E-state index contributed by atoms with van der Waals surface area (Å²) in [5, 5.41) is 17.3. The van der Waals surface area contributed by atoms with Gasteiger partial charge in [0.2, 0.25) is 5.88 Å². The van der Waals surface area contributed by atoms with Gasteiger partial charge in [-0.15, -0.1) is 0 Å². The van der Waals surface area contributed by atoms with Gasteiger partial charge in [-0.3, -0.25) is 4.98 Å². The lowest BCUT2D eigenvalue weighted by Crippen LogP contribution is -2.21. The van der Waals surface area contributed by atoms with Gasteiger partial charge in [0.15, 0.2) is 0 Å². The monoisotopic (exact) mass is 170 g/mol. The molecule has 1 rings (SSSR count). The molecule has 2 N–H and O–H groups in total. The van der Waals surface area contributed by atoms with Gasteiger partial charge in [0.25, 0.3) is 0 Å². The molecular formula is C7H10N2O3. The van der Waals surface area contributed by atoms with Crippen molar-refractivity contribution in [2.45, 2.75) is 6.10 Å². The van der Waals surface area contributed by atoms with Crippen molar-refractivity contribution >= 4 is 0 Å². The third-order valence-corrected chi connectivity index (χ3v) is 1.17. The lowest BCUT2D eigenvalue weighted by atomic mass is 10.4. The van der Waals surface area contributed by atoms with Crippen molar-refractivity contribution < 1.29 is 14.9 Å². The number of rotatable bonds is 4. The van der Waals surface area contributed by atoms with Crippen molar-refractivity contribution in [2.24, 2.45) is 0 Å². The molecule has 1 aromatic rings. The number of aliphatic hydroxyl groups is 2. The van der Waals surface area contributed by atoms with Gasteiger partial charge in [-0.2, -0.15) is 0 Å². The zero-order chi connectivity index (χ0) is 8.81. The third kappa shape index (κ3) is 2.81. The molecule has 0 saturated heterocycles. The Labute approximate surface area is 69.7 Å². The van der Waals surface area contributed by atoms with Crippen molar-refractivity contribution in [3.05, 3.63) is 18.6 Å². The van der Waals surface area contributed by atoms with Crippen LogP contribution in [0.3, 0.4) is 0 Å². The van der Waals surface area contributed by atoms with E-state index in [0.29, 0.717) is 5.88 Å². The first-order valence-corrected chi connectivity index (χ1v) is 3.50. The van der Waals surface area contributed by atoms with Crippen LogP contribution in [0.1, 0.15) is 0 Å². The summed E-state index contributed by atoms with van der Waals surface area (Å²) >= 11 is 0. The highest BCUT2D eigenvalue weighted by molar-refractivity contribution is 5.00. The number of hydrogen-bond donors (Lipinski definition) is 2. The zero-order valence-electron chi connectivity index (χ0n) is 6.42. The van der Waals surface area contributed by atoms with Gasteiger partial charge in [0.05, 0.1) is 12.8 Å². The molecule has 1 heterocycles. The van der Waals surface area contributed by atoms with Gasteiger partial charge in [0.1, 0.15) is 12.7 Å². The summed E-state index contributed by atoms with van der Waals surface area (Å²) in [6, 6.07) is 0. The molecule has 0 spiro atoms. The molecule has 0 aromatic carbocycles. The minimum Gasteiger partial charge on any atom is -0.474 e. The summed E-state index contributed by atoms with van der Waals surface area (Å²) in [4.78, 5) is 7.56. The Morgan fingerprint density at radius 1 is 1.50 bits per heavy atom. The molecule has 5 heteroatoms. The largest absolute Gasteiger partial charge is 0.474 e. The van der Waals surface area contributed by atoms with Crippen LogP contribution in [0.4, 0.5) is 0 Å². The van der Waals surface area contributed by atoms with Crippen LogP contribution in [0.5, 0.6) is 5.88 Å². The Hall–Kier alpha value is -1.20. The van der Waals surface area contributed by atoms with E-state index in [9.17, 15) is 0 Å². The third-order valence-electron chi connectivity index (χ3n) is 1.17. The fourth-order valence-corrected chi connectivity index (χ4v) is 0.594. The maximum absolute atomic E-state index is 8.90. The van der Waals surface area contributed by atoms with Crippen LogP contribution in [-0.4, -0.2) is 39.5 Å². The van der Waals surface area contributed by atoms with Gasteiger partial charge in [0, 0.05) is 12.4 Å². The molecule has 0 aliphatic heterocycles. The van der Waals surface area contributed by atoms with Gasteiger partial charge >= 0.3 is 0 Å². The molecule has 0 aliphatic rings. The molecule has 0 aliphatic carbocycles. The molecule has 0 bridgehead atoms. The lowest BCUT2D eigenvalue weighted by Gasteiger charge is -2.07. The summed E-state index contributed by atoms with van der Waals surface area (Å²) in [5.74, 6) is 0.338. The summed E-state index contributed by atoms with van der Waals surface area (Å²) in [6.45, 7) is -0.296. The standard InChI is InChI=1S/C7H10N2O3/c10-4-6(11)5-12-7-3-8-1-2-9-7/h1-3,6,10-11H,4-5H2. The average molecular weight is 170 g/mol. The minimum atomic E-state index is -0.869. The first-order valence-electron chi connectivity index (χ1n) is 3.50. The second-order valence-electron chi connectivity index (χ2n) is 2.19. The molecular weight excluding hydrogens is 160 g/mol. The van der Waals surface area contributed by atoms with E-state index in [2.05, 4.69) is 9.97 Å². The van der Waals surface area contributed by atoms with Crippen molar-refractivity contribution in [3.8, 4) is 5.88 Å².